The smallest absolute Gasteiger partial charge is 0.384 e. The Labute approximate surface area is 192 Å². The number of anilines is 1. The highest BCUT2D eigenvalue weighted by Gasteiger charge is 2.48. The Morgan fingerprint density at radius 2 is 1.94 bits per heavy atom. The monoisotopic (exact) mass is 464 g/mol. The Morgan fingerprint density at radius 1 is 1.12 bits per heavy atom. The van der Waals surface area contributed by atoms with E-state index in [9.17, 15) is 18.4 Å². The average molecular weight is 464 g/mol. The molecule has 1 fully saturated rings. The molecule has 0 aliphatic carbocycles. The van der Waals surface area contributed by atoms with E-state index in [1.54, 1.807) is 41.5 Å². The fourth-order valence-corrected chi connectivity index (χ4v) is 4.33. The van der Waals surface area contributed by atoms with Gasteiger partial charge in [0.25, 0.3) is 0 Å². The Kier molecular flexibility index (Phi) is 5.17. The number of aromatic nitrogens is 5. The molecule has 5 heterocycles. The molecule has 0 atom stereocenters. The van der Waals surface area contributed by atoms with Gasteiger partial charge in [-0.1, -0.05) is 0 Å². The number of halogens is 3. The number of nitrogens with two attached hydrogens (primary N) is 1. The van der Waals surface area contributed by atoms with E-state index in [-0.39, 0.29) is 19.5 Å². The Morgan fingerprint density at radius 3 is 2.65 bits per heavy atom. The van der Waals surface area contributed by atoms with Crippen LogP contribution in [0.5, 0.6) is 0 Å². The van der Waals surface area contributed by atoms with Crippen LogP contribution in [-0.4, -0.2) is 55.4 Å². The minimum atomic E-state index is -4.29. The van der Waals surface area contributed by atoms with Gasteiger partial charge in [-0.2, -0.15) is 23.5 Å². The van der Waals surface area contributed by atoms with Crippen molar-refractivity contribution in [2.45, 2.75) is 18.1 Å². The molecule has 0 bridgehead atoms. The van der Waals surface area contributed by atoms with Gasteiger partial charge in [0.15, 0.2) is 0 Å². The summed E-state index contributed by atoms with van der Waals surface area (Å²) in [6.45, 7) is -0.827. The summed E-state index contributed by atoms with van der Waals surface area (Å²) in [5.41, 5.74) is 8.10. The van der Waals surface area contributed by atoms with Crippen LogP contribution in [0.2, 0.25) is 0 Å². The number of alkyl halides is 3. The summed E-state index contributed by atoms with van der Waals surface area (Å²) >= 11 is 0. The number of hydrogen-bond donors (Lipinski definition) is 1. The first-order valence-electron chi connectivity index (χ1n) is 10.5. The maximum absolute atomic E-state index is 12.8. The van der Waals surface area contributed by atoms with Crippen molar-refractivity contribution < 1.29 is 13.2 Å². The van der Waals surface area contributed by atoms with Gasteiger partial charge in [-0.15, -0.1) is 0 Å². The fraction of sp³-hybridized carbons (Fsp3) is 0.261. The molecule has 1 aliphatic rings. The second-order valence-electron chi connectivity index (χ2n) is 8.36. The summed E-state index contributed by atoms with van der Waals surface area (Å²) in [5.74, 6) is 0.393. The highest BCUT2D eigenvalue weighted by atomic mass is 19.4. The number of hydrogen-bond acceptors (Lipinski definition) is 7. The summed E-state index contributed by atoms with van der Waals surface area (Å²) in [6, 6.07) is 12.9. The quantitative estimate of drug-likeness (QED) is 0.480. The number of pyridine rings is 3. The number of rotatable bonds is 5. The van der Waals surface area contributed by atoms with Crippen LogP contribution in [-0.2, 0) is 5.54 Å². The molecule has 172 valence electrons. The molecule has 1 saturated heterocycles. The molecule has 0 radical (unpaired) electrons. The third-order valence-electron chi connectivity index (χ3n) is 5.85. The van der Waals surface area contributed by atoms with E-state index in [4.69, 9.17) is 10.7 Å². The van der Waals surface area contributed by atoms with E-state index in [1.807, 2.05) is 18.2 Å². The van der Waals surface area contributed by atoms with Gasteiger partial charge in [0.05, 0.1) is 30.2 Å². The SMILES string of the molecule is N#CCC1(n2ccc(-c3nc(-c4ccc(N)nc4)cc4ncccc34)n2)CN(CC(F)(F)F)C1. The van der Waals surface area contributed by atoms with E-state index in [1.165, 1.54) is 4.90 Å². The molecule has 0 unspecified atom stereocenters. The minimum absolute atomic E-state index is 0.0509. The summed E-state index contributed by atoms with van der Waals surface area (Å²) in [5, 5.41) is 14.8. The lowest BCUT2D eigenvalue weighted by atomic mass is 9.87. The van der Waals surface area contributed by atoms with Gasteiger partial charge in [0, 0.05) is 42.6 Å². The average Bonchev–Trinajstić information content (AvgIpc) is 3.27. The summed E-state index contributed by atoms with van der Waals surface area (Å²) in [6.07, 6.45) is 0.761. The summed E-state index contributed by atoms with van der Waals surface area (Å²) in [7, 11) is 0. The van der Waals surface area contributed by atoms with E-state index in [0.717, 1.165) is 10.9 Å². The first-order valence-corrected chi connectivity index (χ1v) is 10.5. The topological polar surface area (TPSA) is 110 Å². The van der Waals surface area contributed by atoms with E-state index in [0.29, 0.717) is 28.4 Å². The van der Waals surface area contributed by atoms with Crippen LogP contribution in [0.1, 0.15) is 6.42 Å². The maximum atomic E-state index is 12.8. The molecular weight excluding hydrogens is 445 g/mol. The molecule has 34 heavy (non-hydrogen) atoms. The van der Waals surface area contributed by atoms with Gasteiger partial charge < -0.3 is 5.73 Å². The lowest BCUT2D eigenvalue weighted by Crippen LogP contribution is -2.64. The third-order valence-corrected chi connectivity index (χ3v) is 5.85. The van der Waals surface area contributed by atoms with Crippen LogP contribution >= 0.6 is 0 Å². The number of likely N-dealkylation sites (tertiary alicyclic amines) is 1. The lowest BCUT2D eigenvalue weighted by molar-refractivity contribution is -0.167. The molecule has 0 aromatic carbocycles. The molecule has 11 heteroatoms. The predicted octanol–water partition coefficient (Wildman–Crippen LogP) is 3.62. The molecular formula is C23H19F3N8. The zero-order valence-electron chi connectivity index (χ0n) is 17.9. The molecule has 5 rings (SSSR count). The number of nitrogen functional groups attached to an aromatic ring is 1. The first kappa shape index (κ1) is 21.8. The first-order chi connectivity index (χ1) is 16.3. The van der Waals surface area contributed by atoms with Crippen LogP contribution in [0.25, 0.3) is 33.5 Å². The van der Waals surface area contributed by atoms with E-state index >= 15 is 0 Å². The van der Waals surface area contributed by atoms with Crippen molar-refractivity contribution in [3.63, 3.8) is 0 Å². The molecule has 2 N–H and O–H groups in total. The van der Waals surface area contributed by atoms with Gasteiger partial charge in [-0.3, -0.25) is 14.6 Å². The zero-order chi connectivity index (χ0) is 23.9. The number of nitrogens with zero attached hydrogens (tertiary/aromatic N) is 7. The predicted molar refractivity (Wildman–Crippen MR) is 119 cm³/mol. The molecule has 0 saturated carbocycles. The summed E-state index contributed by atoms with van der Waals surface area (Å²) < 4.78 is 40.0. The Hall–Kier alpha value is -4.04. The Bertz CT molecular complexity index is 1380. The molecule has 0 spiro atoms. The molecule has 4 aromatic heterocycles. The van der Waals surface area contributed by atoms with Gasteiger partial charge in [-0.25, -0.2) is 9.97 Å². The fourth-order valence-electron chi connectivity index (χ4n) is 4.33. The summed E-state index contributed by atoms with van der Waals surface area (Å²) in [4.78, 5) is 14.6. The van der Waals surface area contributed by atoms with Crippen molar-refractivity contribution in [1.82, 2.24) is 29.6 Å². The molecule has 1 aliphatic heterocycles. The largest absolute Gasteiger partial charge is 0.401 e. The molecule has 4 aromatic rings. The highest BCUT2D eigenvalue weighted by Crippen LogP contribution is 2.36. The van der Waals surface area contributed by atoms with Crippen molar-refractivity contribution in [2.75, 3.05) is 25.4 Å². The maximum Gasteiger partial charge on any atom is 0.401 e. The zero-order valence-corrected chi connectivity index (χ0v) is 17.9. The van der Waals surface area contributed by atoms with E-state index in [2.05, 4.69) is 21.1 Å². The second kappa shape index (κ2) is 8.07. The van der Waals surface area contributed by atoms with Gasteiger partial charge >= 0.3 is 6.18 Å². The van der Waals surface area contributed by atoms with E-state index < -0.39 is 18.3 Å². The van der Waals surface area contributed by atoms with Gasteiger partial charge in [-0.05, 0) is 36.4 Å². The normalized spacial score (nSPS) is 15.7. The number of fused-ring (bicyclic) bond motifs is 1. The number of nitriles is 1. The standard InChI is InChI=1S/C23H19F3N8/c24-23(25,26)14-33-12-22(13-33,6-7-27)34-9-5-17(32-34)21-16-2-1-8-29-19(16)10-18(31-21)15-3-4-20(28)30-11-15/h1-5,8-11H,6,12-14H2,(H2,28,30). The van der Waals surface area contributed by atoms with Crippen LogP contribution in [0.3, 0.4) is 0 Å². The van der Waals surface area contributed by atoms with Crippen LogP contribution in [0, 0.1) is 11.3 Å². The van der Waals surface area contributed by atoms with Crippen LogP contribution in [0.4, 0.5) is 19.0 Å². The van der Waals surface area contributed by atoms with Crippen molar-refractivity contribution in [2.24, 2.45) is 0 Å². The van der Waals surface area contributed by atoms with Gasteiger partial charge in [0.2, 0.25) is 0 Å². The molecule has 8 nitrogen and oxygen atoms in total. The minimum Gasteiger partial charge on any atom is -0.384 e. The third kappa shape index (κ3) is 4.04. The highest BCUT2D eigenvalue weighted by molar-refractivity contribution is 5.93. The lowest BCUT2D eigenvalue weighted by Gasteiger charge is -2.49. The van der Waals surface area contributed by atoms with Crippen molar-refractivity contribution >= 4 is 16.7 Å². The molecule has 0 amide bonds. The van der Waals surface area contributed by atoms with Gasteiger partial charge in [0.1, 0.15) is 22.7 Å². The Balaban J connectivity index is 1.53. The second-order valence-corrected chi connectivity index (χ2v) is 8.36. The van der Waals surface area contributed by atoms with Crippen molar-refractivity contribution in [3.8, 4) is 28.7 Å². The van der Waals surface area contributed by atoms with Crippen molar-refractivity contribution in [1.29, 1.82) is 5.26 Å². The van der Waals surface area contributed by atoms with Crippen LogP contribution < -0.4 is 5.73 Å². The van der Waals surface area contributed by atoms with Crippen LogP contribution in [0.15, 0.2) is 55.0 Å². The van der Waals surface area contributed by atoms with Crippen molar-refractivity contribution in [3.05, 3.63) is 55.0 Å².